The largest absolute Gasteiger partial charge is 0.310 e. The predicted molar refractivity (Wildman–Crippen MR) is 306 cm³/mol. The number of anilines is 6. The molecule has 0 N–H and O–H groups in total. The van der Waals surface area contributed by atoms with Crippen molar-refractivity contribution in [3.05, 3.63) is 295 Å². The van der Waals surface area contributed by atoms with Crippen LogP contribution < -0.4 is 9.80 Å². The number of para-hydroxylation sites is 2. The summed E-state index contributed by atoms with van der Waals surface area (Å²) < 4.78 is 0. The maximum Gasteiger partial charge on any atom is 0.0732 e. The van der Waals surface area contributed by atoms with Gasteiger partial charge in [0.1, 0.15) is 0 Å². The number of fused-ring (bicyclic) bond motifs is 14. The quantitative estimate of drug-likeness (QED) is 0.126. The highest BCUT2D eigenvalue weighted by molar-refractivity contribution is 6.15. The van der Waals surface area contributed by atoms with Gasteiger partial charge in [0.15, 0.2) is 0 Å². The smallest absolute Gasteiger partial charge is 0.0732 e. The molecule has 0 saturated carbocycles. The predicted octanol–water partition coefficient (Wildman–Crippen LogP) is 19.3. The van der Waals surface area contributed by atoms with Gasteiger partial charge in [0.05, 0.1) is 11.1 Å². The van der Waals surface area contributed by atoms with Crippen molar-refractivity contribution in [1.29, 1.82) is 0 Å². The maximum absolute atomic E-state index is 2.55. The van der Waals surface area contributed by atoms with E-state index in [1.807, 2.05) is 0 Å². The van der Waals surface area contributed by atoms with Crippen molar-refractivity contribution in [2.45, 2.75) is 25.7 Å². The van der Waals surface area contributed by atoms with E-state index in [9.17, 15) is 0 Å². The van der Waals surface area contributed by atoms with E-state index in [4.69, 9.17) is 0 Å². The van der Waals surface area contributed by atoms with Crippen molar-refractivity contribution < 1.29 is 0 Å². The minimum Gasteiger partial charge on any atom is -0.310 e. The fraction of sp³-hybridized carbons (Fsp3) is 0.0571. The Bertz CT molecular complexity index is 3840. The molecule has 11 aromatic rings. The molecule has 72 heavy (non-hydrogen) atoms. The van der Waals surface area contributed by atoms with Crippen LogP contribution in [0, 0.1) is 0 Å². The van der Waals surface area contributed by atoms with E-state index in [0.717, 1.165) is 40.5 Å². The van der Waals surface area contributed by atoms with Crippen molar-refractivity contribution in [2.75, 3.05) is 9.80 Å². The van der Waals surface area contributed by atoms with Crippen molar-refractivity contribution >= 4 is 61.2 Å². The Morgan fingerprint density at radius 1 is 0.417 bits per heavy atom. The van der Waals surface area contributed by atoms with Crippen molar-refractivity contribution in [3.8, 4) is 33.4 Å². The maximum atomic E-state index is 2.55. The topological polar surface area (TPSA) is 6.48 Å². The lowest BCUT2D eigenvalue weighted by atomic mass is 9.69. The molecule has 0 saturated heterocycles. The van der Waals surface area contributed by atoms with Gasteiger partial charge in [0, 0.05) is 33.8 Å². The molecule has 342 valence electrons. The van der Waals surface area contributed by atoms with Gasteiger partial charge < -0.3 is 9.80 Å². The third-order valence-electron chi connectivity index (χ3n) is 15.0. The molecular weight excluding hydrogens is 869 g/mol. The van der Waals surface area contributed by atoms with Crippen LogP contribution in [-0.2, 0) is 5.41 Å². The zero-order chi connectivity index (χ0) is 48.2. The Labute approximate surface area is 422 Å². The van der Waals surface area contributed by atoms with Crippen LogP contribution in [0.3, 0.4) is 0 Å². The van der Waals surface area contributed by atoms with Gasteiger partial charge in [-0.3, -0.25) is 0 Å². The number of allylic oxidation sites excluding steroid dienone is 4. The molecule has 0 aromatic heterocycles. The molecule has 0 amide bonds. The molecule has 11 aromatic carbocycles. The molecule has 13 rings (SSSR count). The van der Waals surface area contributed by atoms with E-state index in [0.29, 0.717) is 0 Å². The monoisotopic (exact) mass is 920 g/mol. The molecule has 0 fully saturated rings. The molecule has 0 atom stereocenters. The van der Waals surface area contributed by atoms with E-state index in [1.54, 1.807) is 0 Å². The summed E-state index contributed by atoms with van der Waals surface area (Å²) in [6.45, 7) is 4.28. The number of hydrogen-bond donors (Lipinski definition) is 0. The lowest BCUT2D eigenvalue weighted by molar-refractivity contribution is 0.802. The van der Waals surface area contributed by atoms with Crippen LogP contribution in [0.4, 0.5) is 34.1 Å². The Balaban J connectivity index is 1.06. The van der Waals surface area contributed by atoms with Gasteiger partial charge >= 0.3 is 0 Å². The average Bonchev–Trinajstić information content (AvgIpc) is 3.92. The Kier molecular flexibility index (Phi) is 10.6. The van der Waals surface area contributed by atoms with Crippen LogP contribution in [0.1, 0.15) is 48.1 Å². The van der Waals surface area contributed by atoms with Gasteiger partial charge in [-0.05, 0) is 163 Å². The van der Waals surface area contributed by atoms with Crippen LogP contribution in [0.15, 0.2) is 267 Å². The second kappa shape index (κ2) is 17.8. The van der Waals surface area contributed by atoms with E-state index in [1.165, 1.54) is 88.3 Å². The lowest BCUT2D eigenvalue weighted by Gasteiger charge is -2.34. The fourth-order valence-corrected chi connectivity index (χ4v) is 12.1. The van der Waals surface area contributed by atoms with Gasteiger partial charge in [-0.2, -0.15) is 0 Å². The fourth-order valence-electron chi connectivity index (χ4n) is 12.1. The highest BCUT2D eigenvalue weighted by Gasteiger charge is 2.53. The molecule has 0 heterocycles. The first-order chi connectivity index (χ1) is 35.6. The van der Waals surface area contributed by atoms with Gasteiger partial charge in [0.2, 0.25) is 0 Å². The summed E-state index contributed by atoms with van der Waals surface area (Å²) in [6.07, 6.45) is 7.60. The molecule has 0 unspecified atom stereocenters. The van der Waals surface area contributed by atoms with E-state index in [-0.39, 0.29) is 0 Å². The summed E-state index contributed by atoms with van der Waals surface area (Å²) in [5.41, 5.74) is 21.4. The molecular formula is C70H52N2. The summed E-state index contributed by atoms with van der Waals surface area (Å²) in [5.74, 6) is 0. The number of hydrogen-bond acceptors (Lipinski definition) is 2. The molecule has 2 aliphatic carbocycles. The molecule has 2 heteroatoms. The highest BCUT2D eigenvalue weighted by atomic mass is 15.1. The first-order valence-corrected chi connectivity index (χ1v) is 25.3. The minimum atomic E-state index is -0.608. The Morgan fingerprint density at radius 3 is 1.60 bits per heavy atom. The average molecular weight is 921 g/mol. The molecule has 0 bridgehead atoms. The zero-order valence-corrected chi connectivity index (χ0v) is 40.5. The van der Waals surface area contributed by atoms with Crippen LogP contribution in [0.5, 0.6) is 0 Å². The summed E-state index contributed by atoms with van der Waals surface area (Å²) in [7, 11) is 0. The van der Waals surface area contributed by atoms with Crippen molar-refractivity contribution in [2.24, 2.45) is 0 Å². The Morgan fingerprint density at radius 2 is 0.944 bits per heavy atom. The first kappa shape index (κ1) is 43.1. The van der Waals surface area contributed by atoms with Gasteiger partial charge in [-0.25, -0.2) is 0 Å². The third-order valence-corrected chi connectivity index (χ3v) is 15.0. The summed E-state index contributed by atoms with van der Waals surface area (Å²) in [4.78, 5) is 4.86. The van der Waals surface area contributed by atoms with Gasteiger partial charge in [-0.15, -0.1) is 0 Å². The summed E-state index contributed by atoms with van der Waals surface area (Å²) in [6, 6.07) is 92.4. The van der Waals surface area contributed by atoms with E-state index >= 15 is 0 Å². The van der Waals surface area contributed by atoms with Crippen molar-refractivity contribution in [3.63, 3.8) is 0 Å². The second-order valence-corrected chi connectivity index (χ2v) is 19.0. The SMILES string of the molecule is C/C=C\C(=C/CC)c1ccc(N(c2ccccc2)c2ccc3c4c(ccc3c2)-c2c(cc(N(c3ccccc3)c3ccc(-c5ccccc5)cc3)c3ccccc23)C42c3ccccc3-c3ccccc32)cc1. The summed E-state index contributed by atoms with van der Waals surface area (Å²) in [5, 5.41) is 4.91. The van der Waals surface area contributed by atoms with E-state index < -0.39 is 5.41 Å². The summed E-state index contributed by atoms with van der Waals surface area (Å²) >= 11 is 0. The first-order valence-electron chi connectivity index (χ1n) is 25.3. The highest BCUT2D eigenvalue weighted by Crippen LogP contribution is 2.66. The van der Waals surface area contributed by atoms with E-state index in [2.05, 4.69) is 291 Å². The molecule has 2 nitrogen and oxygen atoms in total. The molecule has 2 aliphatic rings. The number of benzene rings is 11. The Hall–Kier alpha value is -8.98. The standard InChI is InChI=1S/C70H52N2/c1-3-20-48(21-4-2)50-34-39-55(40-35-50)71(53-24-10-6-11-25-53)57-43-45-58-52(46-57)38-44-63-68-62-31-15-14-30-61(62)67(47-66(68)70(69(58)63)64-32-18-16-28-59(64)60-29-17-19-33-65(60)70)72(54-26-12-7-13-27-54)56-41-36-51(37-42-56)49-22-8-5-9-23-49/h3,5-47H,4H2,1-2H3/b20-3-,48-21+. The van der Waals surface area contributed by atoms with Crippen LogP contribution in [0.25, 0.3) is 60.5 Å². The minimum absolute atomic E-state index is 0.608. The number of rotatable bonds is 10. The normalized spacial score (nSPS) is 13.1. The molecule has 0 radical (unpaired) electrons. The van der Waals surface area contributed by atoms with Crippen LogP contribution in [-0.4, -0.2) is 0 Å². The second-order valence-electron chi connectivity index (χ2n) is 19.0. The zero-order valence-electron chi connectivity index (χ0n) is 40.5. The number of nitrogens with zero attached hydrogens (tertiary/aromatic N) is 2. The van der Waals surface area contributed by atoms with Gasteiger partial charge in [0.25, 0.3) is 0 Å². The van der Waals surface area contributed by atoms with Gasteiger partial charge in [-0.1, -0.05) is 207 Å². The van der Waals surface area contributed by atoms with Crippen LogP contribution >= 0.6 is 0 Å². The molecule has 0 aliphatic heterocycles. The van der Waals surface area contributed by atoms with Crippen LogP contribution in [0.2, 0.25) is 0 Å². The molecule has 1 spiro atoms. The lowest BCUT2D eigenvalue weighted by Crippen LogP contribution is -2.26. The van der Waals surface area contributed by atoms with Crippen molar-refractivity contribution in [1.82, 2.24) is 0 Å². The third kappa shape index (κ3) is 6.78.